The molecule has 1 amide bonds. The van der Waals surface area contributed by atoms with Gasteiger partial charge in [0.15, 0.2) is 5.96 Å². The minimum absolute atomic E-state index is 0.0475. The molecule has 0 spiro atoms. The average molecular weight is 370 g/mol. The Bertz CT molecular complexity index is 452. The van der Waals surface area contributed by atoms with E-state index in [1.807, 2.05) is 0 Å². The van der Waals surface area contributed by atoms with Crippen molar-refractivity contribution in [3.05, 3.63) is 0 Å². The molecule has 2 unspecified atom stereocenters. The summed E-state index contributed by atoms with van der Waals surface area (Å²) in [5.74, 6) is 1.27. The molecule has 0 aromatic heterocycles. The summed E-state index contributed by atoms with van der Waals surface area (Å²) in [5.41, 5.74) is 0. The van der Waals surface area contributed by atoms with E-state index in [-0.39, 0.29) is 12.0 Å². The van der Waals surface area contributed by atoms with E-state index in [1.54, 1.807) is 7.11 Å². The number of hydrogen-bond acceptors (Lipinski definition) is 5. The second-order valence-electron chi connectivity index (χ2n) is 7.06. The van der Waals surface area contributed by atoms with Crippen LogP contribution in [0.5, 0.6) is 0 Å². The second-order valence-corrected chi connectivity index (χ2v) is 7.06. The maximum Gasteiger partial charge on any atom is 0.234 e. The number of aliphatic hydroxyl groups is 1. The molecule has 2 rings (SSSR count). The zero-order valence-electron chi connectivity index (χ0n) is 16.2. The largest absolute Gasteiger partial charge is 0.393 e. The third-order valence-electron chi connectivity index (χ3n) is 5.10. The van der Waals surface area contributed by atoms with Gasteiger partial charge in [-0.1, -0.05) is 6.42 Å². The maximum absolute atomic E-state index is 11.9. The Morgan fingerprint density at radius 3 is 2.62 bits per heavy atom. The molecule has 8 heteroatoms. The second kappa shape index (κ2) is 11.4. The fraction of sp³-hybridized carbons (Fsp3) is 0.889. The number of guanidine groups is 1. The van der Waals surface area contributed by atoms with Gasteiger partial charge in [0, 0.05) is 58.8 Å². The number of methoxy groups -OCH3 is 1. The Morgan fingerprint density at radius 2 is 2.00 bits per heavy atom. The Morgan fingerprint density at radius 1 is 1.23 bits per heavy atom. The number of amides is 1. The highest BCUT2D eigenvalue weighted by Crippen LogP contribution is 2.25. The van der Waals surface area contributed by atoms with E-state index >= 15 is 0 Å². The summed E-state index contributed by atoms with van der Waals surface area (Å²) in [4.78, 5) is 21.1. The topological polar surface area (TPSA) is 89.4 Å². The number of rotatable bonds is 8. The molecule has 2 atom stereocenters. The number of hydrogen-bond donors (Lipinski definition) is 3. The summed E-state index contributed by atoms with van der Waals surface area (Å²) < 4.78 is 4.94. The molecule has 1 heterocycles. The lowest BCUT2D eigenvalue weighted by Crippen LogP contribution is -2.54. The van der Waals surface area contributed by atoms with Crippen molar-refractivity contribution >= 4 is 11.9 Å². The molecular weight excluding hydrogens is 334 g/mol. The predicted molar refractivity (Wildman–Crippen MR) is 102 cm³/mol. The van der Waals surface area contributed by atoms with Crippen LogP contribution < -0.4 is 10.6 Å². The number of piperazine rings is 1. The quantitative estimate of drug-likeness (QED) is 0.303. The van der Waals surface area contributed by atoms with Crippen molar-refractivity contribution in [3.8, 4) is 0 Å². The molecule has 0 radical (unpaired) electrons. The summed E-state index contributed by atoms with van der Waals surface area (Å²) in [6, 6.07) is 0. The Hall–Kier alpha value is -1.38. The van der Waals surface area contributed by atoms with Crippen LogP contribution in [0, 0.1) is 5.92 Å². The molecule has 1 aliphatic heterocycles. The van der Waals surface area contributed by atoms with E-state index in [2.05, 4.69) is 27.4 Å². The number of carbonyl (C=O) groups is 1. The van der Waals surface area contributed by atoms with Gasteiger partial charge in [-0.3, -0.25) is 14.7 Å². The third-order valence-corrected chi connectivity index (χ3v) is 5.10. The maximum atomic E-state index is 11.9. The van der Waals surface area contributed by atoms with Gasteiger partial charge < -0.3 is 25.4 Å². The van der Waals surface area contributed by atoms with Crippen molar-refractivity contribution in [1.29, 1.82) is 0 Å². The van der Waals surface area contributed by atoms with Gasteiger partial charge >= 0.3 is 0 Å². The van der Waals surface area contributed by atoms with Crippen LogP contribution >= 0.6 is 0 Å². The van der Waals surface area contributed by atoms with E-state index in [1.165, 1.54) is 0 Å². The van der Waals surface area contributed by atoms with E-state index in [0.717, 1.165) is 57.9 Å². The number of aliphatic imine (C=N–C) groups is 1. The first-order valence-corrected chi connectivity index (χ1v) is 9.83. The zero-order valence-corrected chi connectivity index (χ0v) is 16.2. The normalized spacial score (nSPS) is 24.7. The van der Waals surface area contributed by atoms with Crippen molar-refractivity contribution in [3.63, 3.8) is 0 Å². The Balaban J connectivity index is 1.76. The highest BCUT2D eigenvalue weighted by Gasteiger charge is 2.26. The predicted octanol–water partition coefficient (Wildman–Crippen LogP) is -0.507. The molecular formula is C18H35N5O3. The van der Waals surface area contributed by atoms with Crippen LogP contribution in [0.1, 0.15) is 26.2 Å². The fourth-order valence-corrected chi connectivity index (χ4v) is 3.53. The molecule has 0 aromatic rings. The van der Waals surface area contributed by atoms with Crippen LogP contribution in [-0.2, 0) is 9.53 Å². The number of aliphatic hydroxyl groups excluding tert-OH is 1. The van der Waals surface area contributed by atoms with E-state index in [4.69, 9.17) is 9.73 Å². The number of ether oxygens (including phenoxy) is 1. The molecule has 8 nitrogen and oxygen atoms in total. The van der Waals surface area contributed by atoms with Crippen molar-refractivity contribution in [1.82, 2.24) is 20.4 Å². The SMILES string of the molecule is CCNC(=NCC1CCCC1O)N1CCN(CC(=O)NCCOC)CC1. The zero-order chi connectivity index (χ0) is 18.8. The summed E-state index contributed by atoms with van der Waals surface area (Å²) in [6.07, 6.45) is 2.87. The van der Waals surface area contributed by atoms with Crippen LogP contribution in [0.4, 0.5) is 0 Å². The van der Waals surface area contributed by atoms with Gasteiger partial charge in [0.05, 0.1) is 19.3 Å². The molecule has 0 bridgehead atoms. The molecule has 2 fully saturated rings. The molecule has 26 heavy (non-hydrogen) atoms. The van der Waals surface area contributed by atoms with Gasteiger partial charge in [-0.2, -0.15) is 0 Å². The van der Waals surface area contributed by atoms with Crippen LogP contribution in [0.15, 0.2) is 4.99 Å². The molecule has 150 valence electrons. The summed E-state index contributed by atoms with van der Waals surface area (Å²) >= 11 is 0. The third kappa shape index (κ3) is 6.74. The smallest absolute Gasteiger partial charge is 0.234 e. The minimum Gasteiger partial charge on any atom is -0.393 e. The van der Waals surface area contributed by atoms with Gasteiger partial charge in [-0.25, -0.2) is 0 Å². The van der Waals surface area contributed by atoms with Gasteiger partial charge in [0.25, 0.3) is 0 Å². The van der Waals surface area contributed by atoms with Gasteiger partial charge in [0.2, 0.25) is 5.91 Å². The van der Waals surface area contributed by atoms with Crippen molar-refractivity contribution in [2.24, 2.45) is 10.9 Å². The average Bonchev–Trinajstić information content (AvgIpc) is 3.04. The molecule has 2 aliphatic rings. The van der Waals surface area contributed by atoms with Gasteiger partial charge in [-0.15, -0.1) is 0 Å². The highest BCUT2D eigenvalue weighted by molar-refractivity contribution is 5.80. The first kappa shape index (κ1) is 20.9. The Labute approximate surface area is 157 Å². The van der Waals surface area contributed by atoms with Gasteiger partial charge in [0.1, 0.15) is 0 Å². The lowest BCUT2D eigenvalue weighted by Gasteiger charge is -2.36. The molecule has 3 N–H and O–H groups in total. The first-order valence-electron chi connectivity index (χ1n) is 9.83. The lowest BCUT2D eigenvalue weighted by molar-refractivity contribution is -0.122. The van der Waals surface area contributed by atoms with Gasteiger partial charge in [-0.05, 0) is 19.8 Å². The summed E-state index contributed by atoms with van der Waals surface area (Å²) in [6.45, 7) is 8.49. The molecule has 1 saturated heterocycles. The van der Waals surface area contributed by atoms with E-state index < -0.39 is 0 Å². The number of nitrogens with one attached hydrogen (secondary N) is 2. The molecule has 0 aromatic carbocycles. The van der Waals surface area contributed by atoms with Crippen molar-refractivity contribution in [2.45, 2.75) is 32.3 Å². The van der Waals surface area contributed by atoms with Crippen molar-refractivity contribution < 1.29 is 14.6 Å². The Kier molecular flexibility index (Phi) is 9.14. The molecule has 1 saturated carbocycles. The van der Waals surface area contributed by atoms with Crippen molar-refractivity contribution in [2.75, 3.05) is 66.1 Å². The number of carbonyl (C=O) groups excluding carboxylic acids is 1. The molecule has 1 aliphatic carbocycles. The standard InChI is InChI=1S/C18H35N5O3/c1-3-19-18(21-13-15-5-4-6-16(15)24)23-10-8-22(9-11-23)14-17(25)20-7-12-26-2/h15-16,24H,3-14H2,1-2H3,(H,19,21)(H,20,25). The monoisotopic (exact) mass is 369 g/mol. The highest BCUT2D eigenvalue weighted by atomic mass is 16.5. The fourth-order valence-electron chi connectivity index (χ4n) is 3.53. The lowest BCUT2D eigenvalue weighted by atomic mass is 10.1. The number of nitrogens with zero attached hydrogens (tertiary/aromatic N) is 3. The summed E-state index contributed by atoms with van der Waals surface area (Å²) in [5, 5.41) is 16.2. The summed E-state index contributed by atoms with van der Waals surface area (Å²) in [7, 11) is 1.63. The van der Waals surface area contributed by atoms with E-state index in [9.17, 15) is 9.90 Å². The van der Waals surface area contributed by atoms with Crippen LogP contribution in [-0.4, -0.2) is 99.0 Å². The van der Waals surface area contributed by atoms with Crippen LogP contribution in [0.2, 0.25) is 0 Å². The van der Waals surface area contributed by atoms with Crippen LogP contribution in [0.3, 0.4) is 0 Å². The van der Waals surface area contributed by atoms with E-state index in [0.29, 0.717) is 32.2 Å². The minimum atomic E-state index is -0.199. The van der Waals surface area contributed by atoms with Crippen LogP contribution in [0.25, 0.3) is 0 Å². The first-order chi connectivity index (χ1) is 12.6.